The average molecular weight is 295 g/mol. The molecule has 0 N–H and O–H groups in total. The molecular formula is C10H6BrF3O2. The highest BCUT2D eigenvalue weighted by atomic mass is 79.9. The number of halogens is 4. The number of hydrogen-bond acceptors (Lipinski definition) is 2. The van der Waals surface area contributed by atoms with Crippen LogP contribution in [0.3, 0.4) is 0 Å². The van der Waals surface area contributed by atoms with Crippen LogP contribution in [0.1, 0.15) is 33.2 Å². The summed E-state index contributed by atoms with van der Waals surface area (Å²) >= 11 is 2.71. The Morgan fingerprint density at radius 1 is 1.38 bits per heavy atom. The molecule has 1 aromatic rings. The van der Waals surface area contributed by atoms with Crippen LogP contribution in [0.5, 0.6) is 0 Å². The highest BCUT2D eigenvalue weighted by molar-refractivity contribution is 9.10. The zero-order valence-electron chi connectivity index (χ0n) is 8.06. The van der Waals surface area contributed by atoms with Crippen LogP contribution in [0.4, 0.5) is 13.2 Å². The Hall–Kier alpha value is -1.17. The molecule has 0 bridgehead atoms. The lowest BCUT2D eigenvalue weighted by Crippen LogP contribution is -2.12. The zero-order chi connectivity index (χ0) is 12.5. The summed E-state index contributed by atoms with van der Waals surface area (Å²) in [6.45, 7) is 1.15. The number of hydrogen-bond donors (Lipinski definition) is 0. The molecule has 0 aliphatic rings. The second-order valence-electron chi connectivity index (χ2n) is 3.06. The summed E-state index contributed by atoms with van der Waals surface area (Å²) in [6.07, 6.45) is -4.57. The van der Waals surface area contributed by atoms with Gasteiger partial charge in [0.05, 0.1) is 5.56 Å². The predicted octanol–water partition coefficient (Wildman–Crippen LogP) is 3.48. The molecule has 2 nitrogen and oxygen atoms in total. The number of rotatable bonds is 2. The largest absolute Gasteiger partial charge is 0.418 e. The highest BCUT2D eigenvalue weighted by Crippen LogP contribution is 2.38. The molecule has 0 aromatic heterocycles. The van der Waals surface area contributed by atoms with E-state index in [-0.39, 0.29) is 11.8 Å². The maximum absolute atomic E-state index is 12.6. The minimum atomic E-state index is -4.68. The number of carbonyl (C=O) groups excluding carboxylic acids is 2. The Balaban J connectivity index is 3.59. The van der Waals surface area contributed by atoms with Gasteiger partial charge in [-0.3, -0.25) is 9.59 Å². The van der Waals surface area contributed by atoms with Crippen LogP contribution in [-0.2, 0) is 6.18 Å². The first kappa shape index (κ1) is 12.9. The van der Waals surface area contributed by atoms with E-state index in [4.69, 9.17) is 0 Å². The van der Waals surface area contributed by atoms with Gasteiger partial charge in [-0.25, -0.2) is 0 Å². The third-order valence-corrected chi connectivity index (χ3v) is 2.79. The predicted molar refractivity (Wildman–Crippen MR) is 54.5 cm³/mol. The van der Waals surface area contributed by atoms with Crippen LogP contribution in [-0.4, -0.2) is 12.1 Å². The van der Waals surface area contributed by atoms with E-state index in [0.29, 0.717) is 0 Å². The van der Waals surface area contributed by atoms with Crippen LogP contribution < -0.4 is 0 Å². The number of Topliss-reactive ketones (excluding diaryl/α,β-unsaturated/α-hetero) is 1. The molecule has 6 heteroatoms. The van der Waals surface area contributed by atoms with E-state index in [1.165, 1.54) is 6.07 Å². The quantitative estimate of drug-likeness (QED) is 0.618. The van der Waals surface area contributed by atoms with Crippen molar-refractivity contribution in [3.05, 3.63) is 33.3 Å². The fraction of sp³-hybridized carbons (Fsp3) is 0.200. The standard InChI is InChI=1S/C10H6BrF3O2/c1-5(16)7-3-2-6(4-15)8(9(7)11)10(12,13)14/h2-4H,1H3. The van der Waals surface area contributed by atoms with Gasteiger partial charge in [0.1, 0.15) is 0 Å². The Morgan fingerprint density at radius 2 is 1.94 bits per heavy atom. The van der Waals surface area contributed by atoms with E-state index in [1.54, 1.807) is 0 Å². The summed E-state index contributed by atoms with van der Waals surface area (Å²) in [4.78, 5) is 21.6. The third-order valence-electron chi connectivity index (χ3n) is 1.96. The van der Waals surface area contributed by atoms with Gasteiger partial charge in [-0.05, 0) is 28.9 Å². The van der Waals surface area contributed by atoms with Crippen molar-refractivity contribution in [2.24, 2.45) is 0 Å². The average Bonchev–Trinajstić information content (AvgIpc) is 2.14. The number of aldehydes is 1. The van der Waals surface area contributed by atoms with E-state index < -0.39 is 27.6 Å². The molecule has 0 heterocycles. The van der Waals surface area contributed by atoms with Gasteiger partial charge in [-0.2, -0.15) is 13.2 Å². The van der Waals surface area contributed by atoms with Gasteiger partial charge >= 0.3 is 6.18 Å². The molecule has 0 aliphatic heterocycles. The minimum Gasteiger partial charge on any atom is -0.298 e. The molecule has 0 saturated carbocycles. The van der Waals surface area contributed by atoms with Crippen molar-refractivity contribution in [3.8, 4) is 0 Å². The Labute approximate surface area is 97.6 Å². The van der Waals surface area contributed by atoms with E-state index >= 15 is 0 Å². The monoisotopic (exact) mass is 294 g/mol. The first-order valence-electron chi connectivity index (χ1n) is 4.15. The van der Waals surface area contributed by atoms with Gasteiger partial charge in [0.15, 0.2) is 12.1 Å². The van der Waals surface area contributed by atoms with Gasteiger partial charge in [-0.1, -0.05) is 6.07 Å². The zero-order valence-corrected chi connectivity index (χ0v) is 9.65. The smallest absolute Gasteiger partial charge is 0.298 e. The fourth-order valence-corrected chi connectivity index (χ4v) is 2.11. The summed E-state index contributed by atoms with van der Waals surface area (Å²) in [5.41, 5.74) is -1.71. The van der Waals surface area contributed by atoms with Gasteiger partial charge in [0.25, 0.3) is 0 Å². The van der Waals surface area contributed by atoms with Gasteiger partial charge in [-0.15, -0.1) is 0 Å². The van der Waals surface area contributed by atoms with Gasteiger partial charge < -0.3 is 0 Å². The Morgan fingerprint density at radius 3 is 2.31 bits per heavy atom. The second kappa shape index (κ2) is 4.37. The third kappa shape index (κ3) is 2.32. The van der Waals surface area contributed by atoms with Crippen LogP contribution >= 0.6 is 15.9 Å². The molecule has 0 fully saturated rings. The molecule has 0 aliphatic carbocycles. The van der Waals surface area contributed by atoms with Gasteiger partial charge in [0, 0.05) is 15.6 Å². The van der Waals surface area contributed by atoms with Crippen LogP contribution in [0.15, 0.2) is 16.6 Å². The molecule has 0 spiro atoms. The van der Waals surface area contributed by atoms with Crippen LogP contribution in [0, 0.1) is 0 Å². The van der Waals surface area contributed by atoms with Crippen molar-refractivity contribution < 1.29 is 22.8 Å². The Bertz CT molecular complexity index is 452. The lowest BCUT2D eigenvalue weighted by atomic mass is 10.0. The summed E-state index contributed by atoms with van der Waals surface area (Å²) in [7, 11) is 0. The first-order valence-corrected chi connectivity index (χ1v) is 4.94. The lowest BCUT2D eigenvalue weighted by molar-refractivity contribution is -0.138. The van der Waals surface area contributed by atoms with Crippen molar-refractivity contribution in [3.63, 3.8) is 0 Å². The summed E-state index contributed by atoms with van der Waals surface area (Å²) in [6, 6.07) is 2.17. The van der Waals surface area contributed by atoms with Crippen LogP contribution in [0.25, 0.3) is 0 Å². The normalized spacial score (nSPS) is 11.3. The number of alkyl halides is 3. The number of benzene rings is 1. The molecule has 1 aromatic carbocycles. The Kier molecular flexibility index (Phi) is 3.52. The van der Waals surface area contributed by atoms with Crippen molar-refractivity contribution in [1.29, 1.82) is 0 Å². The molecule has 0 amide bonds. The molecule has 16 heavy (non-hydrogen) atoms. The minimum absolute atomic E-state index is 0.0991. The van der Waals surface area contributed by atoms with E-state index in [0.717, 1.165) is 13.0 Å². The molecule has 86 valence electrons. The topological polar surface area (TPSA) is 34.1 Å². The molecule has 1 rings (SSSR count). The highest BCUT2D eigenvalue weighted by Gasteiger charge is 2.37. The van der Waals surface area contributed by atoms with Crippen molar-refractivity contribution in [1.82, 2.24) is 0 Å². The summed E-state index contributed by atoms with van der Waals surface area (Å²) < 4.78 is 37.5. The summed E-state index contributed by atoms with van der Waals surface area (Å²) in [5.74, 6) is -0.505. The molecule has 0 radical (unpaired) electrons. The molecular weight excluding hydrogens is 289 g/mol. The van der Waals surface area contributed by atoms with Crippen molar-refractivity contribution in [2.75, 3.05) is 0 Å². The van der Waals surface area contributed by atoms with Crippen LogP contribution in [0.2, 0.25) is 0 Å². The maximum Gasteiger partial charge on any atom is 0.418 e. The lowest BCUT2D eigenvalue weighted by Gasteiger charge is -2.13. The van der Waals surface area contributed by atoms with E-state index in [1.807, 2.05) is 0 Å². The SMILES string of the molecule is CC(=O)c1ccc(C=O)c(C(F)(F)F)c1Br. The summed E-state index contributed by atoms with van der Waals surface area (Å²) in [5, 5.41) is 0. The van der Waals surface area contributed by atoms with E-state index in [2.05, 4.69) is 15.9 Å². The van der Waals surface area contributed by atoms with E-state index in [9.17, 15) is 22.8 Å². The first-order chi connectivity index (χ1) is 7.29. The van der Waals surface area contributed by atoms with Crippen molar-refractivity contribution >= 4 is 28.0 Å². The molecule has 0 atom stereocenters. The number of ketones is 1. The fourth-order valence-electron chi connectivity index (χ4n) is 1.25. The number of carbonyl (C=O) groups is 2. The van der Waals surface area contributed by atoms with Gasteiger partial charge in [0.2, 0.25) is 0 Å². The second-order valence-corrected chi connectivity index (χ2v) is 3.86. The van der Waals surface area contributed by atoms with Crippen molar-refractivity contribution in [2.45, 2.75) is 13.1 Å². The molecule has 0 unspecified atom stereocenters. The maximum atomic E-state index is 12.6. The molecule has 0 saturated heterocycles.